The summed E-state index contributed by atoms with van der Waals surface area (Å²) in [7, 11) is 0. The Morgan fingerprint density at radius 1 is 1.56 bits per heavy atom. The first kappa shape index (κ1) is 12.2. The summed E-state index contributed by atoms with van der Waals surface area (Å²) in [6, 6.07) is 4.61. The molecule has 0 amide bonds. The number of nitrogens with one attached hydrogen (secondary N) is 2. The Hall–Kier alpha value is -2.30. The number of hydrogen-bond donors (Lipinski definition) is 2. The molecule has 0 spiro atoms. The van der Waals surface area contributed by atoms with Crippen LogP contribution in [0.1, 0.15) is 6.92 Å². The highest BCUT2D eigenvalue weighted by Crippen LogP contribution is 2.24. The maximum Gasteiger partial charge on any atom is 0.332 e. The predicted octanol–water partition coefficient (Wildman–Crippen LogP) is 2.80. The minimum atomic E-state index is -0.438. The number of hydrogen-bond acceptors (Lipinski definition) is 3. The first-order valence-corrected chi connectivity index (χ1v) is 5.57. The molecule has 2 N–H and O–H groups in total. The molecule has 0 aliphatic heterocycles. The van der Waals surface area contributed by atoms with Crippen LogP contribution in [0.15, 0.2) is 36.7 Å². The van der Waals surface area contributed by atoms with Crippen molar-refractivity contribution in [3.8, 4) is 0 Å². The number of aromatic amines is 1. The summed E-state index contributed by atoms with van der Waals surface area (Å²) in [5.41, 5.74) is 1.29. The molecule has 0 saturated heterocycles. The normalized spacial score (nSPS) is 11.0. The van der Waals surface area contributed by atoms with E-state index in [-0.39, 0.29) is 5.82 Å². The summed E-state index contributed by atoms with van der Waals surface area (Å²) < 4.78 is 18.0. The smallest absolute Gasteiger partial charge is 0.332 e. The van der Waals surface area contributed by atoms with Gasteiger partial charge in [0.2, 0.25) is 0 Å². The molecule has 18 heavy (non-hydrogen) atoms. The van der Waals surface area contributed by atoms with Crippen molar-refractivity contribution in [2.75, 3.05) is 11.9 Å². The van der Waals surface area contributed by atoms with Crippen LogP contribution in [0.25, 0.3) is 10.9 Å². The van der Waals surface area contributed by atoms with Crippen LogP contribution >= 0.6 is 0 Å². The Morgan fingerprint density at radius 2 is 2.39 bits per heavy atom. The van der Waals surface area contributed by atoms with Crippen molar-refractivity contribution in [3.05, 3.63) is 42.5 Å². The molecular weight excluding hydrogens is 235 g/mol. The van der Waals surface area contributed by atoms with Gasteiger partial charge in [0.25, 0.3) is 0 Å². The maximum atomic E-state index is 13.3. The van der Waals surface area contributed by atoms with Crippen molar-refractivity contribution in [2.45, 2.75) is 6.92 Å². The van der Waals surface area contributed by atoms with Crippen LogP contribution in [-0.2, 0) is 9.53 Å². The second-order valence-electron chi connectivity index (χ2n) is 3.62. The van der Waals surface area contributed by atoms with E-state index in [1.54, 1.807) is 13.1 Å². The topological polar surface area (TPSA) is 54.1 Å². The third-order valence-electron chi connectivity index (χ3n) is 2.38. The quantitative estimate of drug-likeness (QED) is 0.646. The molecule has 4 nitrogen and oxygen atoms in total. The number of carbonyl (C=O) groups is 1. The van der Waals surface area contributed by atoms with Crippen LogP contribution < -0.4 is 5.32 Å². The number of fused-ring (bicyclic) bond motifs is 1. The minimum absolute atomic E-state index is 0.325. The average Bonchev–Trinajstić information content (AvgIpc) is 2.77. The summed E-state index contributed by atoms with van der Waals surface area (Å²) in [6.45, 7) is 2.06. The van der Waals surface area contributed by atoms with E-state index in [0.29, 0.717) is 17.8 Å². The number of rotatable bonds is 4. The number of esters is 1. The zero-order valence-electron chi connectivity index (χ0n) is 9.87. The summed E-state index contributed by atoms with van der Waals surface area (Å²) in [5, 5.41) is 3.71. The number of halogens is 1. The van der Waals surface area contributed by atoms with E-state index in [0.717, 1.165) is 5.39 Å². The van der Waals surface area contributed by atoms with Crippen molar-refractivity contribution in [1.29, 1.82) is 0 Å². The van der Waals surface area contributed by atoms with E-state index in [2.05, 4.69) is 10.3 Å². The summed E-state index contributed by atoms with van der Waals surface area (Å²) in [6.07, 6.45) is 4.41. The fraction of sp³-hybridized carbons (Fsp3) is 0.154. The largest absolute Gasteiger partial charge is 0.463 e. The molecule has 2 aromatic rings. The van der Waals surface area contributed by atoms with Gasteiger partial charge >= 0.3 is 5.97 Å². The van der Waals surface area contributed by atoms with Crippen molar-refractivity contribution in [3.63, 3.8) is 0 Å². The molecule has 94 valence electrons. The van der Waals surface area contributed by atoms with E-state index in [9.17, 15) is 9.18 Å². The third kappa shape index (κ3) is 2.68. The number of aromatic nitrogens is 1. The second kappa shape index (κ2) is 5.35. The standard InChI is InChI=1S/C13H13FN2O2/c1-2-18-13(17)4-6-16-12-8-9(14)7-11-10(12)3-5-15-11/h3-8,15-16H,2H2,1H3/b6-4-. The SMILES string of the molecule is CCOC(=O)/C=C\Nc1cc(F)cc2[nH]ccc12. The summed E-state index contributed by atoms with van der Waals surface area (Å²) in [4.78, 5) is 14.0. The first-order valence-electron chi connectivity index (χ1n) is 5.57. The summed E-state index contributed by atoms with van der Waals surface area (Å²) in [5.74, 6) is -0.788. The zero-order chi connectivity index (χ0) is 13.0. The second-order valence-corrected chi connectivity index (χ2v) is 3.62. The maximum absolute atomic E-state index is 13.3. The highest BCUT2D eigenvalue weighted by atomic mass is 19.1. The fourth-order valence-electron chi connectivity index (χ4n) is 1.64. The van der Waals surface area contributed by atoms with Gasteiger partial charge < -0.3 is 15.0 Å². The predicted molar refractivity (Wildman–Crippen MR) is 67.7 cm³/mol. The molecule has 1 heterocycles. The monoisotopic (exact) mass is 248 g/mol. The lowest BCUT2D eigenvalue weighted by molar-refractivity contribution is -0.137. The number of anilines is 1. The molecule has 0 atom stereocenters. The Morgan fingerprint density at radius 3 is 3.17 bits per heavy atom. The van der Waals surface area contributed by atoms with Gasteiger partial charge in [0.15, 0.2) is 0 Å². The Labute approximate surface area is 103 Å². The lowest BCUT2D eigenvalue weighted by Gasteiger charge is -2.03. The van der Waals surface area contributed by atoms with Crippen molar-refractivity contribution in [1.82, 2.24) is 4.98 Å². The first-order chi connectivity index (χ1) is 8.70. The zero-order valence-corrected chi connectivity index (χ0v) is 9.87. The molecule has 0 unspecified atom stereocenters. The van der Waals surface area contributed by atoms with Crippen LogP contribution in [-0.4, -0.2) is 17.6 Å². The number of carbonyl (C=O) groups excluding carboxylic acids is 1. The number of benzene rings is 1. The van der Waals surface area contributed by atoms with Gasteiger partial charge in [-0.2, -0.15) is 0 Å². The van der Waals surface area contributed by atoms with Crippen LogP contribution in [0, 0.1) is 5.82 Å². The fourth-order valence-corrected chi connectivity index (χ4v) is 1.64. The van der Waals surface area contributed by atoms with E-state index in [1.165, 1.54) is 24.4 Å². The Bertz CT molecular complexity index is 590. The van der Waals surface area contributed by atoms with Crippen LogP contribution in [0.3, 0.4) is 0 Å². The lowest BCUT2D eigenvalue weighted by Crippen LogP contribution is -2.00. The van der Waals surface area contributed by atoms with Gasteiger partial charge in [-0.1, -0.05) is 0 Å². The van der Waals surface area contributed by atoms with Gasteiger partial charge in [-0.25, -0.2) is 9.18 Å². The number of H-pyrrole nitrogens is 1. The molecular formula is C13H13FN2O2. The lowest BCUT2D eigenvalue weighted by atomic mass is 10.2. The van der Waals surface area contributed by atoms with Crippen molar-refractivity contribution < 1.29 is 13.9 Å². The van der Waals surface area contributed by atoms with Gasteiger partial charge in [-0.05, 0) is 25.1 Å². The van der Waals surface area contributed by atoms with Crippen LogP contribution in [0.4, 0.5) is 10.1 Å². The Kier molecular flexibility index (Phi) is 3.62. The Balaban J connectivity index is 2.16. The molecule has 0 fully saturated rings. The molecule has 0 aliphatic carbocycles. The van der Waals surface area contributed by atoms with Crippen molar-refractivity contribution in [2.24, 2.45) is 0 Å². The highest BCUT2D eigenvalue weighted by molar-refractivity contribution is 5.92. The van der Waals surface area contributed by atoms with Gasteiger partial charge in [0, 0.05) is 23.9 Å². The van der Waals surface area contributed by atoms with Gasteiger partial charge in [-0.3, -0.25) is 0 Å². The van der Waals surface area contributed by atoms with Crippen molar-refractivity contribution >= 4 is 22.6 Å². The minimum Gasteiger partial charge on any atom is -0.463 e. The molecule has 1 aromatic heterocycles. The van der Waals surface area contributed by atoms with Gasteiger partial charge in [0.1, 0.15) is 5.82 Å². The molecule has 1 aromatic carbocycles. The van der Waals surface area contributed by atoms with Gasteiger partial charge in [-0.15, -0.1) is 0 Å². The van der Waals surface area contributed by atoms with E-state index in [4.69, 9.17) is 4.74 Å². The summed E-state index contributed by atoms with van der Waals surface area (Å²) >= 11 is 0. The third-order valence-corrected chi connectivity index (χ3v) is 2.38. The van der Waals surface area contributed by atoms with E-state index in [1.807, 2.05) is 6.07 Å². The van der Waals surface area contributed by atoms with Crippen LogP contribution in [0.5, 0.6) is 0 Å². The average molecular weight is 248 g/mol. The number of ether oxygens (including phenoxy) is 1. The molecule has 0 aliphatic rings. The highest BCUT2D eigenvalue weighted by Gasteiger charge is 2.03. The molecule has 0 saturated carbocycles. The molecule has 0 bridgehead atoms. The molecule has 5 heteroatoms. The molecule has 0 radical (unpaired) electrons. The van der Waals surface area contributed by atoms with E-state index >= 15 is 0 Å². The molecule has 2 rings (SSSR count). The van der Waals surface area contributed by atoms with E-state index < -0.39 is 5.97 Å². The van der Waals surface area contributed by atoms with Gasteiger partial charge in [0.05, 0.1) is 17.8 Å². The van der Waals surface area contributed by atoms with Crippen LogP contribution in [0.2, 0.25) is 0 Å².